The lowest BCUT2D eigenvalue weighted by atomic mass is 9.33. The number of hydrogen-bond acceptors (Lipinski definition) is 6. The van der Waals surface area contributed by atoms with Gasteiger partial charge in [-0.15, -0.1) is 0 Å². The molecule has 0 unspecified atom stereocenters. The standard InChI is InChI=1S/C46H66ClNO7/c1-27(2)38-32(50)23-46(35(51)26-48(28(3)49)25-29-12-11-13-30(47)22-29)21-20-44(9)31(39(38)46)14-15-34-43(8)18-17-36(55-37(52)24-41(4,5)40(53)54)42(6,7)33(43)16-19-45(34,44)10/h11-13,22,27,31,33-36,51H,14-21,23-26H2,1-10H3,(H,53,54)/t31-,33+,34-,35+,36+,43+,44-,45-,46-/m1/s1. The number of benzene rings is 1. The van der Waals surface area contributed by atoms with Crippen LogP contribution in [-0.2, 0) is 30.5 Å². The number of hydrogen-bond donors (Lipinski definition) is 2. The highest BCUT2D eigenvalue weighted by atomic mass is 35.5. The molecule has 6 rings (SSSR count). The minimum atomic E-state index is -1.18. The second kappa shape index (κ2) is 14.3. The Morgan fingerprint density at radius 2 is 1.65 bits per heavy atom. The van der Waals surface area contributed by atoms with Crippen molar-refractivity contribution in [1.29, 1.82) is 0 Å². The van der Waals surface area contributed by atoms with Crippen molar-refractivity contribution in [3.05, 3.63) is 46.0 Å². The quantitative estimate of drug-likeness (QED) is 0.227. The van der Waals surface area contributed by atoms with Crippen molar-refractivity contribution >= 4 is 35.2 Å². The number of carbonyl (C=O) groups excluding carboxylic acids is 3. The number of allylic oxidation sites excluding steroid dienone is 1. The van der Waals surface area contributed by atoms with E-state index in [1.165, 1.54) is 5.57 Å². The van der Waals surface area contributed by atoms with E-state index in [0.29, 0.717) is 36.2 Å². The van der Waals surface area contributed by atoms with E-state index < -0.39 is 28.9 Å². The summed E-state index contributed by atoms with van der Waals surface area (Å²) in [5.41, 5.74) is 0.751. The Kier molecular flexibility index (Phi) is 10.9. The van der Waals surface area contributed by atoms with Gasteiger partial charge in [0.05, 0.1) is 17.9 Å². The zero-order chi connectivity index (χ0) is 40.7. The Balaban J connectivity index is 1.29. The van der Waals surface area contributed by atoms with Gasteiger partial charge in [0.15, 0.2) is 5.78 Å². The number of amides is 1. The minimum absolute atomic E-state index is 0.0118. The zero-order valence-electron chi connectivity index (χ0n) is 35.0. The number of aliphatic hydroxyl groups is 1. The molecule has 5 aliphatic rings. The van der Waals surface area contributed by atoms with Crippen LogP contribution in [0.2, 0.25) is 5.02 Å². The minimum Gasteiger partial charge on any atom is -0.481 e. The Hall–Kier alpha value is -2.71. The van der Waals surface area contributed by atoms with E-state index >= 15 is 0 Å². The first kappa shape index (κ1) is 41.9. The SMILES string of the molecule is CC(=O)N(Cc1cccc(Cl)c1)C[C@H](O)[C@]12CC[C@]3(C)[C@H](CC[C@@H]4[C@@]5(C)CC[C@H](OC(=O)CC(C)(C)C(=O)O)C(C)(C)[C@@H]5CC[C@]43C)C1=C(C(C)C)C(=O)C2. The van der Waals surface area contributed by atoms with Gasteiger partial charge in [-0.1, -0.05) is 77.8 Å². The van der Waals surface area contributed by atoms with Crippen molar-refractivity contribution in [2.75, 3.05) is 6.54 Å². The number of halogens is 1. The van der Waals surface area contributed by atoms with E-state index in [1.807, 2.05) is 24.3 Å². The fraction of sp³-hybridized carbons (Fsp3) is 0.739. The molecule has 1 aromatic carbocycles. The van der Waals surface area contributed by atoms with Gasteiger partial charge in [0.1, 0.15) is 6.10 Å². The predicted molar refractivity (Wildman–Crippen MR) is 214 cm³/mol. The number of aliphatic hydroxyl groups excluding tert-OH is 1. The number of carboxylic acids is 1. The number of carboxylic acid groups (broad SMARTS) is 1. The van der Waals surface area contributed by atoms with Gasteiger partial charge >= 0.3 is 11.9 Å². The monoisotopic (exact) mass is 779 g/mol. The predicted octanol–water partition coefficient (Wildman–Crippen LogP) is 9.44. The molecule has 2 N–H and O–H groups in total. The van der Waals surface area contributed by atoms with Crippen molar-refractivity contribution in [3.63, 3.8) is 0 Å². The van der Waals surface area contributed by atoms with Gasteiger partial charge in [0, 0.05) is 42.3 Å². The van der Waals surface area contributed by atoms with Crippen LogP contribution in [0, 0.1) is 56.2 Å². The topological polar surface area (TPSA) is 121 Å². The van der Waals surface area contributed by atoms with Gasteiger partial charge in [-0.25, -0.2) is 0 Å². The smallest absolute Gasteiger partial charge is 0.309 e. The molecule has 0 saturated heterocycles. The summed E-state index contributed by atoms with van der Waals surface area (Å²) in [5, 5.41) is 22.7. The molecule has 4 fully saturated rings. The summed E-state index contributed by atoms with van der Waals surface area (Å²) in [6.07, 6.45) is 6.32. The first-order valence-corrected chi connectivity index (χ1v) is 21.2. The van der Waals surface area contributed by atoms with Crippen molar-refractivity contribution in [2.24, 2.45) is 56.2 Å². The van der Waals surface area contributed by atoms with Crippen LogP contribution >= 0.6 is 11.6 Å². The van der Waals surface area contributed by atoms with Crippen molar-refractivity contribution in [2.45, 2.75) is 152 Å². The van der Waals surface area contributed by atoms with Crippen molar-refractivity contribution < 1.29 is 34.1 Å². The number of ether oxygens (including phenoxy) is 1. The lowest BCUT2D eigenvalue weighted by molar-refractivity contribution is -0.235. The summed E-state index contributed by atoms with van der Waals surface area (Å²) in [7, 11) is 0. The van der Waals surface area contributed by atoms with E-state index in [0.717, 1.165) is 56.1 Å². The molecule has 4 saturated carbocycles. The van der Waals surface area contributed by atoms with Crippen molar-refractivity contribution in [1.82, 2.24) is 4.90 Å². The molecular formula is C46H66ClNO7. The number of rotatable bonds is 10. The highest BCUT2D eigenvalue weighted by Crippen LogP contribution is 2.77. The van der Waals surface area contributed by atoms with E-state index in [-0.39, 0.29) is 64.3 Å². The van der Waals surface area contributed by atoms with Crippen molar-refractivity contribution in [3.8, 4) is 0 Å². The summed E-state index contributed by atoms with van der Waals surface area (Å²) in [5.74, 6) is -0.452. The van der Waals surface area contributed by atoms with Crippen LogP contribution in [0.3, 0.4) is 0 Å². The first-order valence-electron chi connectivity index (χ1n) is 20.8. The Labute approximate surface area is 334 Å². The molecule has 304 valence electrons. The number of Topliss-reactive ketones (excluding diaryl/α,β-unsaturated/α-hetero) is 1. The average Bonchev–Trinajstić information content (AvgIpc) is 3.39. The van der Waals surface area contributed by atoms with Gasteiger partial charge in [-0.05, 0) is 128 Å². The van der Waals surface area contributed by atoms with E-state index in [2.05, 4.69) is 48.5 Å². The Bertz CT molecular complexity index is 1770. The number of fused-ring (bicyclic) bond motifs is 7. The molecule has 0 radical (unpaired) electrons. The second-order valence-corrected chi connectivity index (χ2v) is 21.0. The van der Waals surface area contributed by atoms with Gasteiger partial charge < -0.3 is 19.8 Å². The highest BCUT2D eigenvalue weighted by molar-refractivity contribution is 6.30. The van der Waals surface area contributed by atoms with Gasteiger partial charge in [-0.3, -0.25) is 19.2 Å². The van der Waals surface area contributed by atoms with Crippen LogP contribution in [0.25, 0.3) is 0 Å². The lowest BCUT2D eigenvalue weighted by Crippen LogP contribution is -2.66. The van der Waals surface area contributed by atoms with Crippen LogP contribution in [0.5, 0.6) is 0 Å². The molecule has 1 amide bonds. The Morgan fingerprint density at radius 3 is 2.27 bits per heavy atom. The summed E-state index contributed by atoms with van der Waals surface area (Å²) >= 11 is 6.29. The number of carbonyl (C=O) groups is 4. The molecule has 9 heteroatoms. The molecule has 0 aromatic heterocycles. The molecular weight excluding hydrogens is 714 g/mol. The largest absolute Gasteiger partial charge is 0.481 e. The molecule has 0 aliphatic heterocycles. The summed E-state index contributed by atoms with van der Waals surface area (Å²) in [6, 6.07) is 7.48. The molecule has 5 aliphatic carbocycles. The van der Waals surface area contributed by atoms with Gasteiger partial charge in [0.2, 0.25) is 5.91 Å². The third-order valence-electron chi connectivity index (χ3n) is 16.6. The first-order chi connectivity index (χ1) is 25.4. The maximum Gasteiger partial charge on any atom is 0.309 e. The fourth-order valence-corrected chi connectivity index (χ4v) is 13.7. The van der Waals surface area contributed by atoms with Crippen LogP contribution in [0.4, 0.5) is 0 Å². The van der Waals surface area contributed by atoms with E-state index in [4.69, 9.17) is 16.3 Å². The summed E-state index contributed by atoms with van der Waals surface area (Å²) in [6.45, 7) is 21.4. The molecule has 1 aromatic rings. The summed E-state index contributed by atoms with van der Waals surface area (Å²) in [4.78, 5) is 53.8. The Morgan fingerprint density at radius 1 is 0.964 bits per heavy atom. The molecule has 8 nitrogen and oxygen atoms in total. The van der Waals surface area contributed by atoms with E-state index in [1.54, 1.807) is 25.7 Å². The third-order valence-corrected chi connectivity index (χ3v) is 16.8. The van der Waals surface area contributed by atoms with E-state index in [9.17, 15) is 29.4 Å². The molecule has 0 bridgehead atoms. The molecule has 0 spiro atoms. The molecule has 0 heterocycles. The van der Waals surface area contributed by atoms with Gasteiger partial charge in [0.25, 0.3) is 0 Å². The number of nitrogens with zero attached hydrogens (tertiary/aromatic N) is 1. The number of ketones is 1. The highest BCUT2D eigenvalue weighted by Gasteiger charge is 2.71. The maximum absolute atomic E-state index is 14.2. The van der Waals surface area contributed by atoms with Crippen LogP contribution < -0.4 is 0 Å². The second-order valence-electron chi connectivity index (χ2n) is 20.6. The number of aliphatic carboxylic acids is 1. The molecule has 55 heavy (non-hydrogen) atoms. The normalized spacial score (nSPS) is 36.0. The third kappa shape index (κ3) is 6.71. The molecule has 9 atom stereocenters. The van der Waals surface area contributed by atoms with Crippen LogP contribution in [-0.4, -0.2) is 57.5 Å². The average molecular weight is 780 g/mol. The van der Waals surface area contributed by atoms with Gasteiger partial charge in [-0.2, -0.15) is 0 Å². The van der Waals surface area contributed by atoms with Crippen LogP contribution in [0.1, 0.15) is 139 Å². The zero-order valence-corrected chi connectivity index (χ0v) is 35.8. The fourth-order valence-electron chi connectivity index (χ4n) is 13.5. The maximum atomic E-state index is 14.2. The lowest BCUT2D eigenvalue weighted by Gasteiger charge is -2.72. The summed E-state index contributed by atoms with van der Waals surface area (Å²) < 4.78 is 6.16. The number of esters is 1. The van der Waals surface area contributed by atoms with Crippen LogP contribution in [0.15, 0.2) is 35.4 Å².